The molecule has 2 heteroatoms. The molecule has 1 aromatic carbocycles. The maximum absolute atomic E-state index is 3.59. The molecule has 1 atom stereocenters. The Morgan fingerprint density at radius 1 is 1.21 bits per heavy atom. The van der Waals surface area contributed by atoms with Crippen LogP contribution < -0.4 is 5.43 Å². The molecule has 2 rings (SSSR count). The van der Waals surface area contributed by atoms with Crippen LogP contribution in [0.5, 0.6) is 0 Å². The smallest absolute Gasteiger partial charge is 0.0353 e. The van der Waals surface area contributed by atoms with Crippen molar-refractivity contribution >= 4 is 0 Å². The Labute approximate surface area is 118 Å². The molecule has 1 aliphatic heterocycles. The fraction of sp³-hybridized carbons (Fsp3) is 0.647. The predicted molar refractivity (Wildman–Crippen MR) is 81.7 cm³/mol. The molecule has 19 heavy (non-hydrogen) atoms. The van der Waals surface area contributed by atoms with Gasteiger partial charge >= 0.3 is 0 Å². The molecule has 0 aromatic heterocycles. The molecule has 2 nitrogen and oxygen atoms in total. The molecular weight excluding hydrogens is 232 g/mol. The van der Waals surface area contributed by atoms with Crippen LogP contribution in [0.2, 0.25) is 0 Å². The van der Waals surface area contributed by atoms with E-state index in [0.29, 0.717) is 5.41 Å². The van der Waals surface area contributed by atoms with Gasteiger partial charge in [-0.1, -0.05) is 51.1 Å². The van der Waals surface area contributed by atoms with Crippen LogP contribution in [0.25, 0.3) is 0 Å². The highest BCUT2D eigenvalue weighted by Crippen LogP contribution is 2.29. The fourth-order valence-corrected chi connectivity index (χ4v) is 3.04. The normalized spacial score (nSPS) is 21.5. The summed E-state index contributed by atoms with van der Waals surface area (Å²) in [5.74, 6) is 0.844. The number of rotatable bonds is 4. The lowest BCUT2D eigenvalue weighted by Crippen LogP contribution is -2.45. The zero-order chi connectivity index (χ0) is 13.7. The van der Waals surface area contributed by atoms with Crippen molar-refractivity contribution in [3.63, 3.8) is 0 Å². The molecule has 0 saturated carbocycles. The molecule has 106 valence electrons. The molecule has 0 radical (unpaired) electrons. The Bertz CT molecular complexity index is 367. The van der Waals surface area contributed by atoms with E-state index in [1.54, 1.807) is 0 Å². The quantitative estimate of drug-likeness (QED) is 0.885. The molecule has 0 aliphatic carbocycles. The molecule has 0 spiro atoms. The van der Waals surface area contributed by atoms with E-state index in [-0.39, 0.29) is 0 Å². The number of nitrogens with one attached hydrogen (secondary N) is 1. The summed E-state index contributed by atoms with van der Waals surface area (Å²) in [5.41, 5.74) is 5.40. The van der Waals surface area contributed by atoms with Crippen molar-refractivity contribution in [2.24, 2.45) is 11.3 Å². The largest absolute Gasteiger partial charge is 0.251 e. The minimum Gasteiger partial charge on any atom is -0.251 e. The molecule has 1 aliphatic rings. The van der Waals surface area contributed by atoms with E-state index in [0.717, 1.165) is 12.5 Å². The zero-order valence-corrected chi connectivity index (χ0v) is 12.7. The molecule has 1 unspecified atom stereocenters. The molecular formula is C17H28N2. The highest BCUT2D eigenvalue weighted by atomic mass is 15.5. The lowest BCUT2D eigenvalue weighted by atomic mass is 9.81. The van der Waals surface area contributed by atoms with Crippen molar-refractivity contribution in [3.8, 4) is 0 Å². The van der Waals surface area contributed by atoms with Gasteiger partial charge in [-0.15, -0.1) is 0 Å². The van der Waals surface area contributed by atoms with Crippen LogP contribution in [0.15, 0.2) is 30.3 Å². The SMILES string of the molecule is CC(C)(C)CC1CCCN(NCc2ccccc2)C1. The minimum absolute atomic E-state index is 0.451. The third-order valence-corrected chi connectivity index (χ3v) is 3.77. The van der Waals surface area contributed by atoms with Crippen LogP contribution in [-0.4, -0.2) is 18.1 Å². The lowest BCUT2D eigenvalue weighted by Gasteiger charge is -2.36. The minimum atomic E-state index is 0.451. The van der Waals surface area contributed by atoms with Gasteiger partial charge in [0.25, 0.3) is 0 Å². The van der Waals surface area contributed by atoms with E-state index in [2.05, 4.69) is 61.5 Å². The van der Waals surface area contributed by atoms with E-state index in [9.17, 15) is 0 Å². The molecule has 0 bridgehead atoms. The van der Waals surface area contributed by atoms with Crippen molar-refractivity contribution < 1.29 is 0 Å². The Balaban J connectivity index is 1.78. The zero-order valence-electron chi connectivity index (χ0n) is 12.7. The van der Waals surface area contributed by atoms with Crippen LogP contribution in [0.4, 0.5) is 0 Å². The van der Waals surface area contributed by atoms with E-state index < -0.39 is 0 Å². The third kappa shape index (κ3) is 5.33. The topological polar surface area (TPSA) is 15.3 Å². The first kappa shape index (κ1) is 14.5. The first-order valence-corrected chi connectivity index (χ1v) is 7.55. The number of hydrogen-bond acceptors (Lipinski definition) is 2. The second-order valence-corrected chi connectivity index (χ2v) is 7.04. The van der Waals surface area contributed by atoms with Crippen LogP contribution in [0, 0.1) is 11.3 Å². The summed E-state index contributed by atoms with van der Waals surface area (Å²) in [7, 11) is 0. The molecule has 1 aromatic rings. The summed E-state index contributed by atoms with van der Waals surface area (Å²) in [6.07, 6.45) is 4.04. The van der Waals surface area contributed by atoms with Crippen molar-refractivity contribution in [1.29, 1.82) is 0 Å². The standard InChI is InChI=1S/C17H28N2/c1-17(2,3)12-16-10-7-11-19(14-16)18-13-15-8-5-4-6-9-15/h4-6,8-9,16,18H,7,10-14H2,1-3H3. The Kier molecular flexibility index (Phi) is 5.00. The predicted octanol–water partition coefficient (Wildman–Crippen LogP) is 3.84. The number of hydrazine groups is 1. The molecule has 1 heterocycles. The first-order valence-electron chi connectivity index (χ1n) is 7.55. The second-order valence-electron chi connectivity index (χ2n) is 7.04. The van der Waals surface area contributed by atoms with E-state index in [4.69, 9.17) is 0 Å². The van der Waals surface area contributed by atoms with Gasteiger partial charge in [0.15, 0.2) is 0 Å². The van der Waals surface area contributed by atoms with E-state index in [1.807, 2.05) is 0 Å². The Morgan fingerprint density at radius 3 is 2.63 bits per heavy atom. The van der Waals surface area contributed by atoms with Gasteiger partial charge in [0.05, 0.1) is 0 Å². The summed E-state index contributed by atoms with van der Waals surface area (Å²) in [5, 5.41) is 2.42. The Morgan fingerprint density at radius 2 is 1.95 bits per heavy atom. The summed E-state index contributed by atoms with van der Waals surface area (Å²) < 4.78 is 0. The number of nitrogens with zero attached hydrogens (tertiary/aromatic N) is 1. The molecule has 1 fully saturated rings. The van der Waals surface area contributed by atoms with Gasteiger partial charge in [-0.05, 0) is 36.2 Å². The van der Waals surface area contributed by atoms with Gasteiger partial charge in [0.2, 0.25) is 0 Å². The fourth-order valence-electron chi connectivity index (χ4n) is 3.04. The van der Waals surface area contributed by atoms with Crippen LogP contribution in [0.3, 0.4) is 0 Å². The average Bonchev–Trinajstić information content (AvgIpc) is 2.36. The molecule has 1 saturated heterocycles. The van der Waals surface area contributed by atoms with Crippen LogP contribution in [0.1, 0.15) is 45.6 Å². The average molecular weight is 260 g/mol. The van der Waals surface area contributed by atoms with E-state index >= 15 is 0 Å². The van der Waals surface area contributed by atoms with Crippen molar-refractivity contribution in [1.82, 2.24) is 10.4 Å². The van der Waals surface area contributed by atoms with Crippen molar-refractivity contribution in [2.75, 3.05) is 13.1 Å². The second kappa shape index (κ2) is 6.53. The van der Waals surface area contributed by atoms with Gasteiger partial charge in [0.1, 0.15) is 0 Å². The van der Waals surface area contributed by atoms with Gasteiger partial charge < -0.3 is 0 Å². The van der Waals surface area contributed by atoms with Gasteiger partial charge in [0, 0.05) is 19.6 Å². The molecule has 0 amide bonds. The van der Waals surface area contributed by atoms with Gasteiger partial charge in [-0.2, -0.15) is 0 Å². The monoisotopic (exact) mass is 260 g/mol. The maximum Gasteiger partial charge on any atom is 0.0353 e. The van der Waals surface area contributed by atoms with Crippen LogP contribution >= 0.6 is 0 Å². The first-order chi connectivity index (χ1) is 9.03. The number of piperidine rings is 1. The summed E-state index contributed by atoms with van der Waals surface area (Å²) in [6.45, 7) is 10.4. The lowest BCUT2D eigenvalue weighted by molar-refractivity contribution is 0.0917. The van der Waals surface area contributed by atoms with Gasteiger partial charge in [-0.25, -0.2) is 5.01 Å². The molecule has 1 N–H and O–H groups in total. The summed E-state index contributed by atoms with van der Waals surface area (Å²) >= 11 is 0. The van der Waals surface area contributed by atoms with Crippen LogP contribution in [-0.2, 0) is 6.54 Å². The van der Waals surface area contributed by atoms with Gasteiger partial charge in [-0.3, -0.25) is 5.43 Å². The number of benzene rings is 1. The summed E-state index contributed by atoms with van der Waals surface area (Å²) in [6, 6.07) is 10.7. The highest BCUT2D eigenvalue weighted by Gasteiger charge is 2.24. The van der Waals surface area contributed by atoms with Crippen molar-refractivity contribution in [2.45, 2.75) is 46.6 Å². The summed E-state index contributed by atoms with van der Waals surface area (Å²) in [4.78, 5) is 0. The van der Waals surface area contributed by atoms with Crippen molar-refractivity contribution in [3.05, 3.63) is 35.9 Å². The third-order valence-electron chi connectivity index (χ3n) is 3.77. The van der Waals surface area contributed by atoms with E-state index in [1.165, 1.54) is 37.9 Å². The Hall–Kier alpha value is -0.860. The maximum atomic E-state index is 3.59. The number of hydrogen-bond donors (Lipinski definition) is 1. The highest BCUT2D eigenvalue weighted by molar-refractivity contribution is 5.14.